The van der Waals surface area contributed by atoms with E-state index >= 15 is 0 Å². The third kappa shape index (κ3) is 4.41. The summed E-state index contributed by atoms with van der Waals surface area (Å²) in [5.74, 6) is -21.7. The van der Waals surface area contributed by atoms with Crippen LogP contribution in [0.15, 0.2) is 69.9 Å². The van der Waals surface area contributed by atoms with E-state index in [1.165, 1.54) is 61.0 Å². The molecular formula is C30H12F10N4. The van der Waals surface area contributed by atoms with Crippen LogP contribution in [-0.2, 0) is 0 Å². The fourth-order valence-corrected chi connectivity index (χ4v) is 4.74. The third-order valence-electron chi connectivity index (χ3n) is 6.74. The molecule has 0 saturated heterocycles. The predicted molar refractivity (Wildman–Crippen MR) is 140 cm³/mol. The van der Waals surface area contributed by atoms with Crippen molar-refractivity contribution in [1.82, 2.24) is 9.97 Å². The van der Waals surface area contributed by atoms with Crippen LogP contribution in [0.1, 0.15) is 22.5 Å². The van der Waals surface area contributed by atoms with Crippen LogP contribution in [0.4, 0.5) is 43.9 Å². The highest BCUT2D eigenvalue weighted by molar-refractivity contribution is 5.90. The first kappa shape index (κ1) is 28.7. The normalized spacial score (nSPS) is 16.1. The number of H-pyrrole nitrogens is 2. The first-order valence-electron chi connectivity index (χ1n) is 12.3. The molecule has 2 aliphatic heterocycles. The maximum Gasteiger partial charge on any atom is 0.200 e. The SMILES string of the molecule is Fc1c(F)c(F)c(/C(=C2\C=CC=N2)c2ccc(-c3ccc(/C(=C4/C=CC=N4)c4c(F)c(F)c(F)c(F)c4F)[nH]3)[nH]2)c(F)c1F. The molecule has 4 aromatic rings. The zero-order chi connectivity index (χ0) is 31.4. The Balaban J connectivity index is 1.49. The molecule has 2 N–H and O–H groups in total. The van der Waals surface area contributed by atoms with Gasteiger partial charge in [-0.05, 0) is 48.6 Å². The van der Waals surface area contributed by atoms with Crippen molar-refractivity contribution in [1.29, 1.82) is 0 Å². The van der Waals surface area contributed by atoms with E-state index < -0.39 is 80.4 Å². The Kier molecular flexibility index (Phi) is 6.98. The van der Waals surface area contributed by atoms with Crippen molar-refractivity contribution in [3.63, 3.8) is 0 Å². The molecular weight excluding hydrogens is 606 g/mol. The predicted octanol–water partition coefficient (Wildman–Crippen LogP) is 8.20. The topological polar surface area (TPSA) is 56.3 Å². The van der Waals surface area contributed by atoms with Crippen molar-refractivity contribution in [2.45, 2.75) is 0 Å². The lowest BCUT2D eigenvalue weighted by molar-refractivity contribution is 0.376. The van der Waals surface area contributed by atoms with Crippen LogP contribution >= 0.6 is 0 Å². The first-order chi connectivity index (χ1) is 21.0. The highest BCUT2D eigenvalue weighted by Crippen LogP contribution is 2.39. The van der Waals surface area contributed by atoms with Crippen molar-refractivity contribution in [3.8, 4) is 11.4 Å². The number of benzene rings is 2. The highest BCUT2D eigenvalue weighted by Gasteiger charge is 2.32. The van der Waals surface area contributed by atoms with Gasteiger partial charge < -0.3 is 9.97 Å². The minimum absolute atomic E-state index is 0.131. The molecule has 0 radical (unpaired) electrons. The van der Waals surface area contributed by atoms with E-state index in [-0.39, 0.29) is 34.2 Å². The average molecular weight is 618 g/mol. The molecule has 222 valence electrons. The van der Waals surface area contributed by atoms with E-state index in [1.54, 1.807) is 0 Å². The summed E-state index contributed by atoms with van der Waals surface area (Å²) >= 11 is 0. The van der Waals surface area contributed by atoms with Gasteiger partial charge in [0.15, 0.2) is 46.5 Å². The number of nitrogens with zero attached hydrogens (tertiary/aromatic N) is 2. The van der Waals surface area contributed by atoms with E-state index in [0.717, 1.165) is 0 Å². The number of halogens is 10. The maximum absolute atomic E-state index is 14.9. The van der Waals surface area contributed by atoms with E-state index in [0.29, 0.717) is 0 Å². The molecule has 0 aliphatic carbocycles. The van der Waals surface area contributed by atoms with Crippen LogP contribution in [0.25, 0.3) is 22.5 Å². The van der Waals surface area contributed by atoms with Crippen LogP contribution in [0, 0.1) is 58.2 Å². The number of aromatic nitrogens is 2. The van der Waals surface area contributed by atoms with Gasteiger partial charge in [0, 0.05) is 35.0 Å². The van der Waals surface area contributed by atoms with Crippen LogP contribution in [0.5, 0.6) is 0 Å². The molecule has 0 unspecified atom stereocenters. The van der Waals surface area contributed by atoms with Gasteiger partial charge in [-0.25, -0.2) is 43.9 Å². The van der Waals surface area contributed by atoms with E-state index in [4.69, 9.17) is 0 Å². The van der Waals surface area contributed by atoms with Crippen molar-refractivity contribution < 1.29 is 43.9 Å². The van der Waals surface area contributed by atoms with E-state index in [1.807, 2.05) is 0 Å². The van der Waals surface area contributed by atoms with Gasteiger partial charge in [0.25, 0.3) is 0 Å². The maximum atomic E-state index is 14.9. The van der Waals surface area contributed by atoms with Gasteiger partial charge in [-0.2, -0.15) is 0 Å². The number of aliphatic imine (C=N–C) groups is 2. The monoisotopic (exact) mass is 618 g/mol. The van der Waals surface area contributed by atoms with Crippen molar-refractivity contribution in [3.05, 3.63) is 141 Å². The molecule has 0 spiro atoms. The molecule has 4 heterocycles. The summed E-state index contributed by atoms with van der Waals surface area (Å²) in [4.78, 5) is 13.4. The molecule has 2 aliphatic rings. The number of hydrogen-bond acceptors (Lipinski definition) is 2. The zero-order valence-corrected chi connectivity index (χ0v) is 21.4. The molecule has 14 heteroatoms. The molecule has 0 amide bonds. The molecule has 2 aromatic carbocycles. The second-order valence-corrected chi connectivity index (χ2v) is 9.26. The summed E-state index contributed by atoms with van der Waals surface area (Å²) in [6.45, 7) is 0. The summed E-state index contributed by atoms with van der Waals surface area (Å²) < 4.78 is 143. The Hall–Kier alpha value is -5.40. The van der Waals surface area contributed by atoms with Gasteiger partial charge in [-0.15, -0.1) is 0 Å². The fraction of sp³-hybridized carbons (Fsp3) is 0. The highest BCUT2D eigenvalue weighted by atomic mass is 19.2. The fourth-order valence-electron chi connectivity index (χ4n) is 4.74. The summed E-state index contributed by atoms with van der Waals surface area (Å²) in [5, 5.41) is 0. The Morgan fingerprint density at radius 2 is 0.750 bits per heavy atom. The van der Waals surface area contributed by atoms with Gasteiger partial charge in [-0.1, -0.05) is 0 Å². The minimum Gasteiger partial charge on any atom is -0.353 e. The van der Waals surface area contributed by atoms with Crippen LogP contribution in [0.3, 0.4) is 0 Å². The summed E-state index contributed by atoms with van der Waals surface area (Å²) in [6.07, 6.45) is 7.76. The Morgan fingerprint density at radius 3 is 1.05 bits per heavy atom. The number of hydrogen-bond donors (Lipinski definition) is 2. The third-order valence-corrected chi connectivity index (χ3v) is 6.74. The Bertz CT molecular complexity index is 1840. The lowest BCUT2D eigenvalue weighted by atomic mass is 9.98. The van der Waals surface area contributed by atoms with Gasteiger partial charge in [0.1, 0.15) is 0 Å². The van der Waals surface area contributed by atoms with Crippen molar-refractivity contribution >= 4 is 23.6 Å². The Morgan fingerprint density at radius 1 is 0.432 bits per heavy atom. The summed E-state index contributed by atoms with van der Waals surface area (Å²) in [6, 6.07) is 5.20. The number of nitrogens with one attached hydrogen (secondary N) is 2. The standard InChI is InChI=1S/C30H12F10N4/c31-21-19(22(32)26(36)29(39)25(21)35)17(13-3-1-9-41-13)15-7-5-11(43-15)12-6-8-16(44-12)18(14-4-2-10-42-14)20-23(33)27(37)30(40)28(38)24(20)34/h1-10,43-44H/b17-13+,18-14+. The number of aromatic amines is 2. The van der Waals surface area contributed by atoms with Gasteiger partial charge in [0.2, 0.25) is 11.6 Å². The van der Waals surface area contributed by atoms with Crippen LogP contribution < -0.4 is 0 Å². The molecule has 0 saturated carbocycles. The van der Waals surface area contributed by atoms with Gasteiger partial charge >= 0.3 is 0 Å². The molecule has 2 aromatic heterocycles. The number of rotatable bonds is 5. The average Bonchev–Trinajstić information content (AvgIpc) is 3.85. The smallest absolute Gasteiger partial charge is 0.200 e. The van der Waals surface area contributed by atoms with Crippen LogP contribution in [0.2, 0.25) is 0 Å². The Labute approximate surface area is 239 Å². The van der Waals surface area contributed by atoms with Gasteiger partial charge in [0.05, 0.1) is 33.9 Å². The molecule has 6 rings (SSSR count). The van der Waals surface area contributed by atoms with Gasteiger partial charge in [-0.3, -0.25) is 9.98 Å². The van der Waals surface area contributed by atoms with E-state index in [9.17, 15) is 43.9 Å². The lowest BCUT2D eigenvalue weighted by Gasteiger charge is -2.13. The minimum atomic E-state index is -2.34. The van der Waals surface area contributed by atoms with E-state index in [2.05, 4.69) is 20.0 Å². The lowest BCUT2D eigenvalue weighted by Crippen LogP contribution is -2.08. The van der Waals surface area contributed by atoms with Crippen LogP contribution in [-0.4, -0.2) is 22.4 Å². The molecule has 0 fully saturated rings. The first-order valence-corrected chi connectivity index (χ1v) is 12.3. The second-order valence-electron chi connectivity index (χ2n) is 9.26. The number of allylic oxidation sites excluding steroid dienone is 4. The molecule has 44 heavy (non-hydrogen) atoms. The van der Waals surface area contributed by atoms with Crippen molar-refractivity contribution in [2.24, 2.45) is 9.98 Å². The van der Waals surface area contributed by atoms with Crippen molar-refractivity contribution in [2.75, 3.05) is 0 Å². The molecule has 4 nitrogen and oxygen atoms in total. The zero-order valence-electron chi connectivity index (χ0n) is 21.4. The largest absolute Gasteiger partial charge is 0.353 e. The molecule has 0 bridgehead atoms. The summed E-state index contributed by atoms with van der Waals surface area (Å²) in [7, 11) is 0. The quantitative estimate of drug-likeness (QED) is 0.129. The molecule has 0 atom stereocenters. The second kappa shape index (κ2) is 10.7. The summed E-state index contributed by atoms with van der Waals surface area (Å²) in [5.41, 5.74) is -3.74.